The highest BCUT2D eigenvalue weighted by Crippen LogP contribution is 2.23. The van der Waals surface area contributed by atoms with Gasteiger partial charge in [-0.2, -0.15) is 0 Å². The van der Waals surface area contributed by atoms with E-state index in [1.165, 1.54) is 10.0 Å². The van der Waals surface area contributed by atoms with E-state index in [1.54, 1.807) is 0 Å². The van der Waals surface area contributed by atoms with Crippen molar-refractivity contribution in [2.75, 3.05) is 0 Å². The second kappa shape index (κ2) is 6.24. The van der Waals surface area contributed by atoms with Gasteiger partial charge in [-0.15, -0.1) is 0 Å². The zero-order chi connectivity index (χ0) is 9.56. The van der Waals surface area contributed by atoms with E-state index in [9.17, 15) is 0 Å². The molecule has 0 aromatic heterocycles. The summed E-state index contributed by atoms with van der Waals surface area (Å²) in [5.41, 5.74) is 1.38. The van der Waals surface area contributed by atoms with E-state index in [0.717, 1.165) is 0 Å². The van der Waals surface area contributed by atoms with Crippen molar-refractivity contribution in [1.29, 1.82) is 0 Å². The predicted octanol–water partition coefficient (Wildman–Crippen LogP) is 4.60. The Kier molecular flexibility index (Phi) is 6.09. The Morgan fingerprint density at radius 2 is 1.58 bits per heavy atom. The highest BCUT2D eigenvalue weighted by Gasteiger charge is 2.00. The van der Waals surface area contributed by atoms with Crippen LogP contribution in [0.15, 0.2) is 28.7 Å². The summed E-state index contributed by atoms with van der Waals surface area (Å²) in [4.78, 5) is 0. The average molecular weight is 229 g/mol. The molecule has 0 saturated carbocycles. The largest absolute Gasteiger partial charge is 0.0683 e. The van der Waals surface area contributed by atoms with Crippen LogP contribution < -0.4 is 0 Å². The molecule has 0 saturated heterocycles. The Morgan fingerprint density at radius 1 is 1.08 bits per heavy atom. The van der Waals surface area contributed by atoms with Crippen molar-refractivity contribution in [3.05, 3.63) is 34.3 Å². The first kappa shape index (κ1) is 11.7. The van der Waals surface area contributed by atoms with Crippen LogP contribution in [0.1, 0.15) is 39.2 Å². The third kappa shape index (κ3) is 3.40. The second-order valence-electron chi connectivity index (χ2n) is 2.68. The smallest absolute Gasteiger partial charge is 0.0209 e. The molecule has 1 rings (SSSR count). The van der Waals surface area contributed by atoms with Crippen LogP contribution in [-0.4, -0.2) is 0 Å². The normalized spacial score (nSPS) is 9.17. The fraction of sp³-hybridized carbons (Fsp3) is 0.455. The molecule has 1 aromatic carbocycles. The van der Waals surface area contributed by atoms with Crippen LogP contribution in [0.2, 0.25) is 0 Å². The zero-order valence-corrected chi connectivity index (χ0v) is 9.85. The third-order valence-electron chi connectivity index (χ3n) is 1.53. The second-order valence-corrected chi connectivity index (χ2v) is 3.53. The Labute approximate surface area is 84.1 Å². The van der Waals surface area contributed by atoms with Crippen molar-refractivity contribution in [3.63, 3.8) is 0 Å². The van der Waals surface area contributed by atoms with Gasteiger partial charge >= 0.3 is 0 Å². The quantitative estimate of drug-likeness (QED) is 0.660. The topological polar surface area (TPSA) is 0 Å². The summed E-state index contributed by atoms with van der Waals surface area (Å²) in [6.07, 6.45) is 0. The number of benzene rings is 1. The predicted molar refractivity (Wildman–Crippen MR) is 59.6 cm³/mol. The molecule has 68 valence electrons. The third-order valence-corrected chi connectivity index (χ3v) is 2.25. The van der Waals surface area contributed by atoms with Crippen LogP contribution >= 0.6 is 15.9 Å². The number of hydrogen-bond donors (Lipinski definition) is 0. The molecular weight excluding hydrogens is 212 g/mol. The zero-order valence-electron chi connectivity index (χ0n) is 8.26. The molecule has 0 nitrogen and oxygen atoms in total. The van der Waals surface area contributed by atoms with Gasteiger partial charge in [0.1, 0.15) is 0 Å². The number of halogens is 1. The van der Waals surface area contributed by atoms with Crippen LogP contribution in [0.3, 0.4) is 0 Å². The number of rotatable bonds is 1. The minimum atomic E-state index is 0.607. The van der Waals surface area contributed by atoms with Gasteiger partial charge in [0.25, 0.3) is 0 Å². The number of hydrogen-bond acceptors (Lipinski definition) is 0. The first-order valence-corrected chi connectivity index (χ1v) is 5.25. The maximum atomic E-state index is 3.50. The Morgan fingerprint density at radius 3 is 1.92 bits per heavy atom. The van der Waals surface area contributed by atoms with Gasteiger partial charge in [-0.3, -0.25) is 0 Å². The molecule has 1 heteroatoms. The molecule has 0 atom stereocenters. The average Bonchev–Trinajstić information content (AvgIpc) is 2.08. The van der Waals surface area contributed by atoms with Crippen molar-refractivity contribution in [2.24, 2.45) is 0 Å². The summed E-state index contributed by atoms with van der Waals surface area (Å²) in [6, 6.07) is 8.33. The van der Waals surface area contributed by atoms with E-state index in [1.807, 2.05) is 19.9 Å². The molecule has 0 amide bonds. The molecule has 0 N–H and O–H groups in total. The molecular formula is C11H17Br. The van der Waals surface area contributed by atoms with E-state index in [-0.39, 0.29) is 0 Å². The molecule has 0 unspecified atom stereocenters. The van der Waals surface area contributed by atoms with Crippen LogP contribution in [0.25, 0.3) is 0 Å². The van der Waals surface area contributed by atoms with E-state index in [4.69, 9.17) is 0 Å². The van der Waals surface area contributed by atoms with Gasteiger partial charge < -0.3 is 0 Å². The van der Waals surface area contributed by atoms with Crippen molar-refractivity contribution in [3.8, 4) is 0 Å². The Balaban J connectivity index is 0.000000561. The fourth-order valence-electron chi connectivity index (χ4n) is 0.943. The van der Waals surface area contributed by atoms with Crippen LogP contribution in [0.4, 0.5) is 0 Å². The van der Waals surface area contributed by atoms with Crippen molar-refractivity contribution >= 4 is 15.9 Å². The maximum Gasteiger partial charge on any atom is 0.0209 e. The van der Waals surface area contributed by atoms with Crippen LogP contribution in [-0.2, 0) is 0 Å². The molecule has 0 aliphatic heterocycles. The molecule has 0 spiro atoms. The summed E-state index contributed by atoms with van der Waals surface area (Å²) in [7, 11) is 0. The summed E-state index contributed by atoms with van der Waals surface area (Å²) in [5, 5.41) is 0. The SMILES string of the molecule is CC.CC(C)c1ccccc1Br. The van der Waals surface area contributed by atoms with E-state index in [2.05, 4.69) is 48.0 Å². The van der Waals surface area contributed by atoms with Gasteiger partial charge in [-0.1, -0.05) is 61.8 Å². The fourth-order valence-corrected chi connectivity index (χ4v) is 1.69. The first-order chi connectivity index (χ1) is 5.72. The van der Waals surface area contributed by atoms with Gasteiger partial charge in [0.15, 0.2) is 0 Å². The van der Waals surface area contributed by atoms with Crippen molar-refractivity contribution < 1.29 is 0 Å². The highest BCUT2D eigenvalue weighted by atomic mass is 79.9. The molecule has 1 aromatic rings. The van der Waals surface area contributed by atoms with E-state index in [0.29, 0.717) is 5.92 Å². The Hall–Kier alpha value is -0.300. The summed E-state index contributed by atoms with van der Waals surface area (Å²) < 4.78 is 1.21. The summed E-state index contributed by atoms with van der Waals surface area (Å²) in [5.74, 6) is 0.607. The molecule has 0 radical (unpaired) electrons. The van der Waals surface area contributed by atoms with Gasteiger partial charge in [0.05, 0.1) is 0 Å². The van der Waals surface area contributed by atoms with Crippen LogP contribution in [0, 0.1) is 0 Å². The molecule has 0 aliphatic rings. The standard InChI is InChI=1S/C9H11Br.C2H6/c1-7(2)8-5-3-4-6-9(8)10;1-2/h3-7H,1-2H3;1-2H3. The molecule has 0 heterocycles. The minimum Gasteiger partial charge on any atom is -0.0683 e. The first-order valence-electron chi connectivity index (χ1n) is 4.46. The lowest BCUT2D eigenvalue weighted by Crippen LogP contribution is -1.86. The molecule has 0 aliphatic carbocycles. The van der Waals surface area contributed by atoms with Crippen molar-refractivity contribution in [2.45, 2.75) is 33.6 Å². The molecule has 0 bridgehead atoms. The van der Waals surface area contributed by atoms with E-state index < -0.39 is 0 Å². The summed E-state index contributed by atoms with van der Waals surface area (Å²) in [6.45, 7) is 8.39. The van der Waals surface area contributed by atoms with Crippen molar-refractivity contribution in [1.82, 2.24) is 0 Å². The van der Waals surface area contributed by atoms with Crippen LogP contribution in [0.5, 0.6) is 0 Å². The van der Waals surface area contributed by atoms with Gasteiger partial charge in [-0.25, -0.2) is 0 Å². The lowest BCUT2D eigenvalue weighted by Gasteiger charge is -2.06. The monoisotopic (exact) mass is 228 g/mol. The lowest BCUT2D eigenvalue weighted by atomic mass is 10.0. The maximum absolute atomic E-state index is 3.50. The van der Waals surface area contributed by atoms with E-state index >= 15 is 0 Å². The van der Waals surface area contributed by atoms with Gasteiger partial charge in [0, 0.05) is 4.47 Å². The Bertz CT molecular complexity index is 216. The van der Waals surface area contributed by atoms with Gasteiger partial charge in [-0.05, 0) is 17.5 Å². The highest BCUT2D eigenvalue weighted by molar-refractivity contribution is 9.10. The molecule has 12 heavy (non-hydrogen) atoms. The molecule has 0 fully saturated rings. The summed E-state index contributed by atoms with van der Waals surface area (Å²) >= 11 is 3.50. The van der Waals surface area contributed by atoms with Gasteiger partial charge in [0.2, 0.25) is 0 Å². The minimum absolute atomic E-state index is 0.607. The lowest BCUT2D eigenvalue weighted by molar-refractivity contribution is 0.861.